The van der Waals surface area contributed by atoms with Crippen molar-refractivity contribution in [2.24, 2.45) is 4.99 Å². The number of rotatable bonds is 7. The van der Waals surface area contributed by atoms with Crippen molar-refractivity contribution in [2.45, 2.75) is 13.5 Å². The molecule has 1 aromatic carbocycles. The number of methoxy groups -OCH3 is 2. The number of benzene rings is 1. The summed E-state index contributed by atoms with van der Waals surface area (Å²) in [7, 11) is 5.30. The van der Waals surface area contributed by atoms with Gasteiger partial charge >= 0.3 is 0 Å². The van der Waals surface area contributed by atoms with Gasteiger partial charge in [-0.3, -0.25) is 0 Å². The van der Waals surface area contributed by atoms with E-state index in [0.29, 0.717) is 13.1 Å². The average Bonchev–Trinajstić information content (AvgIpc) is 2.51. The van der Waals surface area contributed by atoms with Crippen LogP contribution in [0.15, 0.2) is 35.8 Å². The lowest BCUT2D eigenvalue weighted by Gasteiger charge is -2.23. The average molecular weight is 419 g/mol. The van der Waals surface area contributed by atoms with Gasteiger partial charge in [0.2, 0.25) is 0 Å². The molecule has 0 saturated heterocycles. The lowest BCUT2D eigenvalue weighted by molar-refractivity contribution is 0.382. The van der Waals surface area contributed by atoms with Crippen LogP contribution in [0.4, 0.5) is 0 Å². The van der Waals surface area contributed by atoms with Crippen LogP contribution in [0.5, 0.6) is 11.5 Å². The molecule has 0 radical (unpaired) electrons. The van der Waals surface area contributed by atoms with Gasteiger partial charge in [0.05, 0.1) is 20.8 Å². The predicted octanol–water partition coefficient (Wildman–Crippen LogP) is 2.91. The molecule has 0 aliphatic rings. The number of nitrogens with one attached hydrogen (secondary N) is 1. The Morgan fingerprint density at radius 1 is 1.36 bits per heavy atom. The Balaban J connectivity index is 0.00000441. The third kappa shape index (κ3) is 6.13. The summed E-state index contributed by atoms with van der Waals surface area (Å²) in [6.45, 7) is 7.84. The van der Waals surface area contributed by atoms with Crippen LogP contribution in [0.3, 0.4) is 0 Å². The minimum absolute atomic E-state index is 0. The van der Waals surface area contributed by atoms with Gasteiger partial charge in [-0.05, 0) is 19.1 Å². The molecule has 0 aliphatic carbocycles. The van der Waals surface area contributed by atoms with Crippen LogP contribution < -0.4 is 14.8 Å². The van der Waals surface area contributed by atoms with Crippen molar-refractivity contribution in [2.75, 3.05) is 34.4 Å². The molecular formula is C16H26IN3O2. The van der Waals surface area contributed by atoms with E-state index in [1.54, 1.807) is 20.3 Å². The predicted molar refractivity (Wildman–Crippen MR) is 103 cm³/mol. The number of nitrogens with zero attached hydrogens (tertiary/aromatic N) is 2. The molecule has 0 bridgehead atoms. The second-order valence-electron chi connectivity index (χ2n) is 4.52. The Morgan fingerprint density at radius 3 is 2.64 bits per heavy atom. The maximum atomic E-state index is 5.43. The highest BCUT2D eigenvalue weighted by molar-refractivity contribution is 14.0. The topological polar surface area (TPSA) is 46.1 Å². The van der Waals surface area contributed by atoms with E-state index in [1.807, 2.05) is 32.2 Å². The summed E-state index contributed by atoms with van der Waals surface area (Å²) in [4.78, 5) is 6.52. The fourth-order valence-corrected chi connectivity index (χ4v) is 1.93. The van der Waals surface area contributed by atoms with Gasteiger partial charge in [-0.1, -0.05) is 6.08 Å². The third-order valence-electron chi connectivity index (χ3n) is 2.97. The zero-order chi connectivity index (χ0) is 15.7. The van der Waals surface area contributed by atoms with Crippen molar-refractivity contribution in [3.05, 3.63) is 36.4 Å². The molecule has 0 heterocycles. The Bertz CT molecular complexity index is 492. The first-order chi connectivity index (χ1) is 10.2. The van der Waals surface area contributed by atoms with Gasteiger partial charge in [0, 0.05) is 31.8 Å². The van der Waals surface area contributed by atoms with E-state index in [1.165, 1.54) is 0 Å². The molecule has 1 rings (SSSR count). The van der Waals surface area contributed by atoms with Crippen molar-refractivity contribution in [3.63, 3.8) is 0 Å². The largest absolute Gasteiger partial charge is 0.497 e. The summed E-state index contributed by atoms with van der Waals surface area (Å²) in [6, 6.07) is 5.82. The second-order valence-corrected chi connectivity index (χ2v) is 4.52. The van der Waals surface area contributed by atoms with Gasteiger partial charge in [-0.2, -0.15) is 0 Å². The van der Waals surface area contributed by atoms with Crippen molar-refractivity contribution in [3.8, 4) is 11.5 Å². The molecule has 0 amide bonds. The van der Waals surface area contributed by atoms with Crippen molar-refractivity contribution in [1.82, 2.24) is 10.2 Å². The lowest BCUT2D eigenvalue weighted by atomic mass is 10.2. The summed E-state index contributed by atoms with van der Waals surface area (Å²) < 4.78 is 10.6. The molecule has 0 atom stereocenters. The monoisotopic (exact) mass is 419 g/mol. The van der Waals surface area contributed by atoms with Gasteiger partial charge in [-0.25, -0.2) is 4.99 Å². The van der Waals surface area contributed by atoms with Crippen LogP contribution in [0, 0.1) is 0 Å². The highest BCUT2D eigenvalue weighted by Gasteiger charge is 2.10. The summed E-state index contributed by atoms with van der Waals surface area (Å²) in [5.74, 6) is 2.43. The first kappa shape index (κ1) is 20.6. The number of hydrogen-bond donors (Lipinski definition) is 1. The van der Waals surface area contributed by atoms with Crippen LogP contribution in [0.25, 0.3) is 0 Å². The van der Waals surface area contributed by atoms with E-state index >= 15 is 0 Å². The van der Waals surface area contributed by atoms with Crippen LogP contribution in [0.1, 0.15) is 12.5 Å². The fourth-order valence-electron chi connectivity index (χ4n) is 1.93. The quantitative estimate of drug-likeness (QED) is 0.320. The minimum Gasteiger partial charge on any atom is -0.497 e. The first-order valence-electron chi connectivity index (χ1n) is 6.97. The number of aliphatic imine (C=N–C) groups is 1. The van der Waals surface area contributed by atoms with Crippen molar-refractivity contribution >= 4 is 29.9 Å². The van der Waals surface area contributed by atoms with E-state index in [2.05, 4.69) is 21.8 Å². The molecule has 124 valence electrons. The van der Waals surface area contributed by atoms with E-state index in [-0.39, 0.29) is 24.0 Å². The number of halogens is 1. The minimum atomic E-state index is 0. The summed E-state index contributed by atoms with van der Waals surface area (Å²) in [5.41, 5.74) is 1.07. The normalized spacial score (nSPS) is 10.5. The molecule has 0 unspecified atom stereocenters. The van der Waals surface area contributed by atoms with E-state index in [4.69, 9.17) is 9.47 Å². The molecule has 22 heavy (non-hydrogen) atoms. The van der Waals surface area contributed by atoms with Gasteiger partial charge in [0.1, 0.15) is 11.5 Å². The van der Waals surface area contributed by atoms with E-state index in [9.17, 15) is 0 Å². The van der Waals surface area contributed by atoms with Crippen LogP contribution in [-0.2, 0) is 6.54 Å². The standard InChI is InChI=1S/C16H25N3O2.HI/c1-6-10-18-16(17-7-2)19(3)12-13-8-9-14(20-4)11-15(13)21-5;/h6,8-9,11H,1,7,10,12H2,2-5H3,(H,17,18);1H. The van der Waals surface area contributed by atoms with Gasteiger partial charge in [-0.15, -0.1) is 30.6 Å². The van der Waals surface area contributed by atoms with Gasteiger partial charge < -0.3 is 19.7 Å². The molecule has 0 fully saturated rings. The van der Waals surface area contributed by atoms with Crippen LogP contribution >= 0.6 is 24.0 Å². The number of hydrogen-bond acceptors (Lipinski definition) is 3. The molecule has 0 spiro atoms. The molecule has 5 nitrogen and oxygen atoms in total. The summed E-state index contributed by atoms with van der Waals surface area (Å²) in [5, 5.41) is 3.26. The fraction of sp³-hybridized carbons (Fsp3) is 0.438. The Kier molecular flexibility index (Phi) is 10.4. The number of guanidine groups is 1. The molecule has 6 heteroatoms. The highest BCUT2D eigenvalue weighted by Crippen LogP contribution is 2.25. The Morgan fingerprint density at radius 2 is 2.09 bits per heavy atom. The van der Waals surface area contributed by atoms with Crippen molar-refractivity contribution < 1.29 is 9.47 Å². The Hall–Kier alpha value is -1.44. The molecule has 0 aliphatic heterocycles. The summed E-state index contributed by atoms with van der Waals surface area (Å²) in [6.07, 6.45) is 1.78. The zero-order valence-corrected chi connectivity index (χ0v) is 16.1. The lowest BCUT2D eigenvalue weighted by Crippen LogP contribution is -2.38. The van der Waals surface area contributed by atoms with E-state index < -0.39 is 0 Å². The third-order valence-corrected chi connectivity index (χ3v) is 2.97. The number of ether oxygens (including phenoxy) is 2. The highest BCUT2D eigenvalue weighted by atomic mass is 127. The smallest absolute Gasteiger partial charge is 0.194 e. The van der Waals surface area contributed by atoms with E-state index in [0.717, 1.165) is 29.6 Å². The molecular weight excluding hydrogens is 393 g/mol. The molecule has 0 saturated carbocycles. The Labute approximate surface area is 150 Å². The molecule has 1 aromatic rings. The molecule has 0 aromatic heterocycles. The summed E-state index contributed by atoms with van der Waals surface area (Å²) >= 11 is 0. The zero-order valence-electron chi connectivity index (χ0n) is 13.8. The van der Waals surface area contributed by atoms with Crippen LogP contribution in [0.2, 0.25) is 0 Å². The second kappa shape index (κ2) is 11.2. The maximum Gasteiger partial charge on any atom is 0.194 e. The first-order valence-corrected chi connectivity index (χ1v) is 6.97. The van der Waals surface area contributed by atoms with Crippen LogP contribution in [-0.4, -0.2) is 45.2 Å². The maximum absolute atomic E-state index is 5.43. The van der Waals surface area contributed by atoms with Crippen molar-refractivity contribution in [1.29, 1.82) is 0 Å². The SMILES string of the molecule is C=CCN=C(NCC)N(C)Cc1ccc(OC)cc1OC.I. The van der Waals surface area contributed by atoms with Gasteiger partial charge in [0.25, 0.3) is 0 Å². The van der Waals surface area contributed by atoms with Gasteiger partial charge in [0.15, 0.2) is 5.96 Å². The molecule has 1 N–H and O–H groups in total.